The molecule has 1 saturated carbocycles. The highest BCUT2D eigenvalue weighted by Crippen LogP contribution is 2.59. The molecule has 2 aliphatic carbocycles. The SMILES string of the molecule is CC1(O)CN(C(=O)N[C@@H]2CC[C@@]3(S(=O)(=O)c4ccc(F)cc4)c4ccc(C(F)(C(F)(F)F)C(F)(F)F)cc4CC[C@@H]23)C1. The summed E-state index contributed by atoms with van der Waals surface area (Å²) in [6, 6.07) is 4.00. The summed E-state index contributed by atoms with van der Waals surface area (Å²) < 4.78 is 136. The van der Waals surface area contributed by atoms with Crippen molar-refractivity contribution >= 4 is 15.9 Å². The second-order valence-electron chi connectivity index (χ2n) is 11.5. The van der Waals surface area contributed by atoms with Crippen LogP contribution in [0.1, 0.15) is 42.9 Å². The minimum Gasteiger partial charge on any atom is -0.386 e. The molecule has 2 amide bonds. The van der Waals surface area contributed by atoms with Crippen molar-refractivity contribution in [2.24, 2.45) is 5.92 Å². The van der Waals surface area contributed by atoms with Crippen LogP contribution in [0.5, 0.6) is 0 Å². The average Bonchev–Trinajstić information content (AvgIpc) is 3.25. The minimum atomic E-state index is -6.35. The zero-order chi connectivity index (χ0) is 31.1. The number of fused-ring (bicyclic) bond motifs is 3. The fourth-order valence-electron chi connectivity index (χ4n) is 6.72. The quantitative estimate of drug-likeness (QED) is 0.357. The molecule has 3 atom stereocenters. The first-order chi connectivity index (χ1) is 19.2. The first kappa shape index (κ1) is 30.5. The van der Waals surface area contributed by atoms with E-state index in [-0.39, 0.29) is 54.8 Å². The topological polar surface area (TPSA) is 86.7 Å². The number of benzene rings is 2. The number of amides is 2. The van der Waals surface area contributed by atoms with Crippen LogP contribution in [-0.4, -0.2) is 61.5 Å². The number of nitrogens with one attached hydrogen (secondary N) is 1. The van der Waals surface area contributed by atoms with Crippen LogP contribution in [0.15, 0.2) is 47.4 Å². The van der Waals surface area contributed by atoms with E-state index in [0.29, 0.717) is 12.1 Å². The van der Waals surface area contributed by atoms with Crippen LogP contribution in [0.3, 0.4) is 0 Å². The van der Waals surface area contributed by atoms with Crippen LogP contribution in [0.25, 0.3) is 0 Å². The Kier molecular flexibility index (Phi) is 6.92. The molecule has 0 spiro atoms. The number of halogens is 8. The number of carbonyl (C=O) groups is 1. The molecule has 6 nitrogen and oxygen atoms in total. The number of sulfone groups is 1. The third kappa shape index (κ3) is 4.45. The first-order valence-electron chi connectivity index (χ1n) is 13.0. The molecular formula is C27H26F8N2O4S. The minimum absolute atomic E-state index is 0.0320. The highest BCUT2D eigenvalue weighted by atomic mass is 32.2. The monoisotopic (exact) mass is 626 g/mol. The third-order valence-electron chi connectivity index (χ3n) is 8.64. The number of urea groups is 1. The Morgan fingerprint density at radius 3 is 2.12 bits per heavy atom. The fraction of sp³-hybridized carbons (Fsp3) is 0.519. The summed E-state index contributed by atoms with van der Waals surface area (Å²) in [4.78, 5) is 13.8. The molecule has 1 saturated heterocycles. The molecule has 1 aliphatic heterocycles. The Bertz CT molecular complexity index is 1490. The van der Waals surface area contributed by atoms with Crippen molar-refractivity contribution in [3.63, 3.8) is 0 Å². The van der Waals surface area contributed by atoms with Gasteiger partial charge in [0.05, 0.1) is 23.6 Å². The predicted octanol–water partition coefficient (Wildman–Crippen LogP) is 5.29. The summed E-state index contributed by atoms with van der Waals surface area (Å²) in [7, 11) is -4.50. The van der Waals surface area contributed by atoms with E-state index in [0.717, 1.165) is 30.3 Å². The summed E-state index contributed by atoms with van der Waals surface area (Å²) in [6.45, 7) is 1.59. The van der Waals surface area contributed by atoms with E-state index in [1.165, 1.54) is 11.8 Å². The van der Waals surface area contributed by atoms with Crippen molar-refractivity contribution in [1.82, 2.24) is 10.2 Å². The lowest BCUT2D eigenvalue weighted by molar-refractivity contribution is -0.348. The molecule has 0 radical (unpaired) electrons. The number of likely N-dealkylation sites (tertiary alicyclic amines) is 1. The van der Waals surface area contributed by atoms with Crippen LogP contribution < -0.4 is 5.32 Å². The van der Waals surface area contributed by atoms with Gasteiger partial charge in [0.25, 0.3) is 0 Å². The predicted molar refractivity (Wildman–Crippen MR) is 132 cm³/mol. The largest absolute Gasteiger partial charge is 0.435 e. The molecule has 0 unspecified atom stereocenters. The Morgan fingerprint density at radius 2 is 1.57 bits per heavy atom. The highest BCUT2D eigenvalue weighted by molar-refractivity contribution is 7.92. The Morgan fingerprint density at radius 1 is 0.976 bits per heavy atom. The van der Waals surface area contributed by atoms with Gasteiger partial charge in [-0.05, 0) is 68.0 Å². The molecule has 42 heavy (non-hydrogen) atoms. The van der Waals surface area contributed by atoms with Gasteiger partial charge in [-0.15, -0.1) is 0 Å². The molecule has 2 fully saturated rings. The van der Waals surface area contributed by atoms with E-state index in [1.54, 1.807) is 0 Å². The lowest BCUT2D eigenvalue weighted by Gasteiger charge is -2.45. The average molecular weight is 627 g/mol. The third-order valence-corrected chi connectivity index (χ3v) is 11.2. The van der Waals surface area contributed by atoms with Crippen LogP contribution >= 0.6 is 0 Å². The van der Waals surface area contributed by atoms with Crippen LogP contribution in [-0.2, 0) is 26.7 Å². The molecule has 15 heteroatoms. The summed E-state index contributed by atoms with van der Waals surface area (Å²) in [5, 5.41) is 12.7. The summed E-state index contributed by atoms with van der Waals surface area (Å²) >= 11 is 0. The highest BCUT2D eigenvalue weighted by Gasteiger charge is 2.73. The number of aryl methyl sites for hydroxylation is 1. The summed E-state index contributed by atoms with van der Waals surface area (Å²) in [5.41, 5.74) is -8.79. The van der Waals surface area contributed by atoms with Gasteiger partial charge in [-0.2, -0.15) is 26.3 Å². The van der Waals surface area contributed by atoms with Crippen molar-refractivity contribution in [2.45, 2.75) is 71.9 Å². The van der Waals surface area contributed by atoms with Crippen molar-refractivity contribution in [3.05, 3.63) is 65.0 Å². The van der Waals surface area contributed by atoms with Gasteiger partial charge in [0.15, 0.2) is 9.84 Å². The van der Waals surface area contributed by atoms with Gasteiger partial charge in [0.2, 0.25) is 0 Å². The number of alkyl halides is 7. The van der Waals surface area contributed by atoms with E-state index in [1.807, 2.05) is 0 Å². The normalized spacial score (nSPS) is 25.8. The molecule has 230 valence electrons. The van der Waals surface area contributed by atoms with Crippen molar-refractivity contribution < 1.29 is 53.4 Å². The van der Waals surface area contributed by atoms with Crippen molar-refractivity contribution in [3.8, 4) is 0 Å². The number of aliphatic hydroxyl groups is 1. The molecule has 3 aliphatic rings. The Balaban J connectivity index is 1.62. The fourth-order valence-corrected chi connectivity index (χ4v) is 9.19. The number of carbonyl (C=O) groups excluding carboxylic acids is 1. The van der Waals surface area contributed by atoms with Gasteiger partial charge in [-0.1, -0.05) is 18.2 Å². The molecule has 1 heterocycles. The number of rotatable bonds is 4. The zero-order valence-electron chi connectivity index (χ0n) is 22.0. The van der Waals surface area contributed by atoms with Crippen LogP contribution in [0.4, 0.5) is 39.9 Å². The number of nitrogens with zero attached hydrogens (tertiary/aromatic N) is 1. The molecular weight excluding hydrogens is 600 g/mol. The van der Waals surface area contributed by atoms with Crippen molar-refractivity contribution in [1.29, 1.82) is 0 Å². The first-order valence-corrected chi connectivity index (χ1v) is 14.5. The van der Waals surface area contributed by atoms with Gasteiger partial charge in [0.1, 0.15) is 10.6 Å². The van der Waals surface area contributed by atoms with E-state index in [4.69, 9.17) is 0 Å². The van der Waals surface area contributed by atoms with Gasteiger partial charge in [-0.25, -0.2) is 22.0 Å². The number of hydrogen-bond acceptors (Lipinski definition) is 4. The van der Waals surface area contributed by atoms with E-state index in [9.17, 15) is 53.4 Å². The molecule has 5 rings (SSSR count). The lowest BCUT2D eigenvalue weighted by atomic mass is 9.74. The molecule has 0 bridgehead atoms. The molecule has 2 N–H and O–H groups in total. The van der Waals surface area contributed by atoms with Crippen molar-refractivity contribution in [2.75, 3.05) is 13.1 Å². The molecule has 2 aromatic rings. The number of hydrogen-bond donors (Lipinski definition) is 2. The molecule has 0 aromatic heterocycles. The Hall–Kier alpha value is -2.94. The summed E-state index contributed by atoms with van der Waals surface area (Å²) in [6.07, 6.45) is -13.0. The lowest BCUT2D eigenvalue weighted by Crippen LogP contribution is -2.65. The van der Waals surface area contributed by atoms with Crippen LogP contribution in [0.2, 0.25) is 0 Å². The van der Waals surface area contributed by atoms with E-state index < -0.39 is 67.6 Å². The van der Waals surface area contributed by atoms with Gasteiger partial charge >= 0.3 is 24.1 Å². The number of β-amino-alcohol motifs (C(OH)–C–C–N with tert-alkyl or cyclic N) is 1. The maximum absolute atomic E-state index is 14.9. The molecule has 2 aromatic carbocycles. The van der Waals surface area contributed by atoms with Gasteiger partial charge in [0, 0.05) is 17.5 Å². The van der Waals surface area contributed by atoms with Crippen LogP contribution in [0, 0.1) is 11.7 Å². The maximum atomic E-state index is 14.9. The zero-order valence-corrected chi connectivity index (χ0v) is 22.8. The second kappa shape index (κ2) is 9.53. The summed E-state index contributed by atoms with van der Waals surface area (Å²) in [5.74, 6) is -1.62. The van der Waals surface area contributed by atoms with Gasteiger partial charge in [-0.3, -0.25) is 0 Å². The second-order valence-corrected chi connectivity index (χ2v) is 13.7. The van der Waals surface area contributed by atoms with E-state index >= 15 is 0 Å². The maximum Gasteiger partial charge on any atom is 0.435 e. The van der Waals surface area contributed by atoms with E-state index in [2.05, 4.69) is 5.32 Å². The van der Waals surface area contributed by atoms with Gasteiger partial charge < -0.3 is 15.3 Å². The standard InChI is InChI=1S/C27H26F8N2O4S/c1-23(39)13-37(14-23)22(38)36-21-10-11-24(42(40,41)18-6-4-17(28)5-7-18)19-9-3-16(12-15(19)2-8-20(21)24)25(29,26(30,31)32)27(33,34)35/h3-7,9,12,20-21,39H,2,8,10-11,13-14H2,1H3,(H,36,38)/t20-,21+,24+/m0/s1. The smallest absolute Gasteiger partial charge is 0.386 e. The Labute approximate surface area is 235 Å².